The van der Waals surface area contributed by atoms with E-state index < -0.39 is 0 Å². The van der Waals surface area contributed by atoms with Gasteiger partial charge >= 0.3 is 0 Å². The van der Waals surface area contributed by atoms with Crippen molar-refractivity contribution in [1.29, 1.82) is 0 Å². The minimum absolute atomic E-state index is 0.135. The molecule has 0 aliphatic rings. The van der Waals surface area contributed by atoms with E-state index in [0.717, 1.165) is 23.1 Å². The van der Waals surface area contributed by atoms with E-state index in [1.165, 1.54) is 0 Å². The molecule has 0 heterocycles. The monoisotopic (exact) mass is 256 g/mol. The quantitative estimate of drug-likeness (QED) is 0.675. The second-order valence-electron chi connectivity index (χ2n) is 4.52. The van der Waals surface area contributed by atoms with Crippen LogP contribution in [-0.4, -0.2) is 11.5 Å². The van der Waals surface area contributed by atoms with Crippen LogP contribution in [-0.2, 0) is 6.42 Å². The molecule has 0 aliphatic heterocycles. The molecule has 0 fully saturated rings. The molecule has 2 aromatic carbocycles. The molecule has 0 radical (unpaired) electrons. The Morgan fingerprint density at radius 3 is 2.68 bits per heavy atom. The van der Waals surface area contributed by atoms with Crippen molar-refractivity contribution in [3.8, 4) is 11.1 Å². The van der Waals surface area contributed by atoms with Crippen LogP contribution >= 0.6 is 0 Å². The van der Waals surface area contributed by atoms with Gasteiger partial charge in [-0.15, -0.1) is 0 Å². The maximum absolute atomic E-state index is 11.1. The lowest BCUT2D eigenvalue weighted by Crippen LogP contribution is -2.02. The van der Waals surface area contributed by atoms with Crippen molar-refractivity contribution in [3.63, 3.8) is 0 Å². The van der Waals surface area contributed by atoms with E-state index >= 15 is 0 Å². The SMILES string of the molecule is Cc1ccc([N+](=O)[O-])c(-c2cccc(CCN)c2)c1. The third-order valence-electron chi connectivity index (χ3n) is 3.02. The number of nitrogens with two attached hydrogens (primary N) is 1. The Morgan fingerprint density at radius 1 is 1.21 bits per heavy atom. The molecule has 98 valence electrons. The summed E-state index contributed by atoms with van der Waals surface area (Å²) in [6.07, 6.45) is 0.771. The minimum Gasteiger partial charge on any atom is -0.330 e. The summed E-state index contributed by atoms with van der Waals surface area (Å²) in [4.78, 5) is 10.8. The minimum atomic E-state index is -0.343. The van der Waals surface area contributed by atoms with Crippen LogP contribution in [0.2, 0.25) is 0 Å². The Kier molecular flexibility index (Phi) is 3.92. The van der Waals surface area contributed by atoms with Crippen molar-refractivity contribution in [2.75, 3.05) is 6.54 Å². The fourth-order valence-electron chi connectivity index (χ4n) is 2.10. The molecule has 0 bridgehead atoms. The van der Waals surface area contributed by atoms with Gasteiger partial charge in [0.1, 0.15) is 0 Å². The maximum atomic E-state index is 11.1. The Labute approximate surface area is 112 Å². The second kappa shape index (κ2) is 5.63. The molecule has 2 N–H and O–H groups in total. The zero-order valence-electron chi connectivity index (χ0n) is 10.8. The van der Waals surface area contributed by atoms with Gasteiger partial charge in [0, 0.05) is 6.07 Å². The first-order valence-electron chi connectivity index (χ1n) is 6.16. The second-order valence-corrected chi connectivity index (χ2v) is 4.52. The van der Waals surface area contributed by atoms with Crippen molar-refractivity contribution >= 4 is 5.69 Å². The van der Waals surface area contributed by atoms with Gasteiger partial charge < -0.3 is 5.73 Å². The molecule has 4 heteroatoms. The van der Waals surface area contributed by atoms with Gasteiger partial charge in [-0.2, -0.15) is 0 Å². The Balaban J connectivity index is 2.54. The Hall–Kier alpha value is -2.20. The van der Waals surface area contributed by atoms with Gasteiger partial charge in [-0.05, 0) is 37.1 Å². The van der Waals surface area contributed by atoms with Gasteiger partial charge in [0.25, 0.3) is 5.69 Å². The summed E-state index contributed by atoms with van der Waals surface area (Å²) in [6, 6.07) is 12.9. The van der Waals surface area contributed by atoms with Crippen molar-refractivity contribution in [2.45, 2.75) is 13.3 Å². The molecular formula is C15H16N2O2. The summed E-state index contributed by atoms with van der Waals surface area (Å²) in [7, 11) is 0. The molecule has 0 amide bonds. The molecule has 0 saturated carbocycles. The third-order valence-corrected chi connectivity index (χ3v) is 3.02. The molecule has 2 aromatic rings. The summed E-state index contributed by atoms with van der Waals surface area (Å²) in [5.74, 6) is 0. The van der Waals surface area contributed by atoms with E-state index in [9.17, 15) is 10.1 Å². The Morgan fingerprint density at radius 2 is 2.00 bits per heavy atom. The van der Waals surface area contributed by atoms with Crippen molar-refractivity contribution in [1.82, 2.24) is 0 Å². The number of benzene rings is 2. The van der Waals surface area contributed by atoms with E-state index in [4.69, 9.17) is 5.73 Å². The summed E-state index contributed by atoms with van der Waals surface area (Å²) in [6.45, 7) is 2.50. The zero-order chi connectivity index (χ0) is 13.8. The lowest BCUT2D eigenvalue weighted by atomic mass is 9.99. The number of aryl methyl sites for hydroxylation is 1. The van der Waals surface area contributed by atoms with Gasteiger partial charge in [0.05, 0.1) is 10.5 Å². The summed E-state index contributed by atoms with van der Waals surface area (Å²) < 4.78 is 0. The molecule has 0 saturated heterocycles. The molecule has 0 aromatic heterocycles. The molecule has 0 unspecified atom stereocenters. The molecule has 19 heavy (non-hydrogen) atoms. The summed E-state index contributed by atoms with van der Waals surface area (Å²) in [5, 5.41) is 11.1. The lowest BCUT2D eigenvalue weighted by molar-refractivity contribution is -0.384. The molecule has 0 spiro atoms. The highest BCUT2D eigenvalue weighted by Crippen LogP contribution is 2.31. The first-order valence-corrected chi connectivity index (χ1v) is 6.16. The van der Waals surface area contributed by atoms with E-state index in [0.29, 0.717) is 12.1 Å². The van der Waals surface area contributed by atoms with E-state index in [1.807, 2.05) is 37.3 Å². The molecule has 2 rings (SSSR count). The van der Waals surface area contributed by atoms with Gasteiger partial charge in [0.15, 0.2) is 0 Å². The fourth-order valence-corrected chi connectivity index (χ4v) is 2.10. The molecule has 0 aliphatic carbocycles. The number of hydrogen-bond donors (Lipinski definition) is 1. The van der Waals surface area contributed by atoms with Gasteiger partial charge in [-0.3, -0.25) is 10.1 Å². The Bertz CT molecular complexity index is 609. The number of rotatable bonds is 4. The molecule has 4 nitrogen and oxygen atoms in total. The van der Waals surface area contributed by atoms with Crippen LogP contribution in [0.4, 0.5) is 5.69 Å². The highest BCUT2D eigenvalue weighted by Gasteiger charge is 2.15. The highest BCUT2D eigenvalue weighted by molar-refractivity contribution is 5.74. The fraction of sp³-hybridized carbons (Fsp3) is 0.200. The van der Waals surface area contributed by atoms with Gasteiger partial charge in [0.2, 0.25) is 0 Å². The van der Waals surface area contributed by atoms with Gasteiger partial charge in [-0.1, -0.05) is 35.9 Å². The number of hydrogen-bond acceptors (Lipinski definition) is 3. The van der Waals surface area contributed by atoms with E-state index in [1.54, 1.807) is 12.1 Å². The highest BCUT2D eigenvalue weighted by atomic mass is 16.6. The van der Waals surface area contributed by atoms with Crippen molar-refractivity contribution in [2.24, 2.45) is 5.73 Å². The predicted molar refractivity (Wildman–Crippen MR) is 76.0 cm³/mol. The zero-order valence-corrected chi connectivity index (χ0v) is 10.8. The lowest BCUT2D eigenvalue weighted by Gasteiger charge is -2.07. The van der Waals surface area contributed by atoms with Crippen molar-refractivity contribution in [3.05, 3.63) is 63.7 Å². The molecule has 0 atom stereocenters. The third kappa shape index (κ3) is 2.98. The summed E-state index contributed by atoms with van der Waals surface area (Å²) >= 11 is 0. The number of nitrogens with zero attached hydrogens (tertiary/aromatic N) is 1. The average Bonchev–Trinajstić information content (AvgIpc) is 2.39. The largest absolute Gasteiger partial charge is 0.330 e. The maximum Gasteiger partial charge on any atom is 0.277 e. The normalized spacial score (nSPS) is 10.4. The number of nitro benzene ring substituents is 1. The predicted octanol–water partition coefficient (Wildman–Crippen LogP) is 3.07. The van der Waals surface area contributed by atoms with Crippen molar-refractivity contribution < 1.29 is 4.92 Å². The first-order chi connectivity index (χ1) is 9.11. The summed E-state index contributed by atoms with van der Waals surface area (Å²) in [5.41, 5.74) is 9.29. The van der Waals surface area contributed by atoms with Crippen LogP contribution in [0, 0.1) is 17.0 Å². The smallest absolute Gasteiger partial charge is 0.277 e. The van der Waals surface area contributed by atoms with Crippen LogP contribution in [0.15, 0.2) is 42.5 Å². The first kappa shape index (κ1) is 13.2. The standard InChI is InChI=1S/C15H16N2O2/c1-11-5-6-15(17(18)19)14(9-11)13-4-2-3-12(10-13)7-8-16/h2-6,9-10H,7-8,16H2,1H3. The van der Waals surface area contributed by atoms with Gasteiger partial charge in [-0.25, -0.2) is 0 Å². The number of nitro groups is 1. The van der Waals surface area contributed by atoms with Crippen LogP contribution in [0.5, 0.6) is 0 Å². The van der Waals surface area contributed by atoms with E-state index in [2.05, 4.69) is 0 Å². The van der Waals surface area contributed by atoms with Crippen LogP contribution in [0.1, 0.15) is 11.1 Å². The topological polar surface area (TPSA) is 69.2 Å². The average molecular weight is 256 g/mol. The van der Waals surface area contributed by atoms with Crippen LogP contribution in [0.25, 0.3) is 11.1 Å². The van der Waals surface area contributed by atoms with Crippen LogP contribution in [0.3, 0.4) is 0 Å². The van der Waals surface area contributed by atoms with Crippen LogP contribution < -0.4 is 5.73 Å². The molecular weight excluding hydrogens is 240 g/mol. The van der Waals surface area contributed by atoms with E-state index in [-0.39, 0.29) is 10.6 Å².